The van der Waals surface area contributed by atoms with Gasteiger partial charge in [-0.25, -0.2) is 0 Å². The molecule has 1 N–H and O–H groups in total. The fraction of sp³-hybridized carbons (Fsp3) is 0.724. The first kappa shape index (κ1) is 22.1. The number of hydrogen-bond donors (Lipinski definition) is 1. The number of aliphatic hydroxyl groups is 1. The van der Waals surface area contributed by atoms with Crippen molar-refractivity contribution in [2.24, 2.45) is 40.4 Å². The van der Waals surface area contributed by atoms with Crippen molar-refractivity contribution in [3.05, 3.63) is 47.1 Å². The van der Waals surface area contributed by atoms with Crippen LogP contribution in [0.3, 0.4) is 0 Å². The van der Waals surface area contributed by atoms with E-state index in [1.54, 1.807) is 5.57 Å². The molecular formula is C29H44O. The molecule has 1 nitrogen and oxygen atoms in total. The van der Waals surface area contributed by atoms with Crippen LogP contribution < -0.4 is 0 Å². The molecule has 4 aliphatic carbocycles. The molecule has 0 amide bonds. The lowest BCUT2D eigenvalue weighted by Gasteiger charge is -2.55. The lowest BCUT2D eigenvalue weighted by Crippen LogP contribution is -2.46. The molecule has 0 saturated heterocycles. The molecule has 0 aliphatic heterocycles. The summed E-state index contributed by atoms with van der Waals surface area (Å²) in [5.74, 6) is 3.50. The molecule has 4 rings (SSSR count). The number of rotatable bonds is 4. The van der Waals surface area contributed by atoms with Gasteiger partial charge in [0.15, 0.2) is 0 Å². The average Bonchev–Trinajstić information content (AvgIpc) is 3.06. The molecule has 7 atom stereocenters. The molecule has 166 valence electrons. The van der Waals surface area contributed by atoms with Gasteiger partial charge in [0, 0.05) is 0 Å². The van der Waals surface area contributed by atoms with Gasteiger partial charge >= 0.3 is 0 Å². The van der Waals surface area contributed by atoms with Gasteiger partial charge in [-0.2, -0.15) is 0 Å². The zero-order valence-corrected chi connectivity index (χ0v) is 20.2. The molecule has 0 bridgehead atoms. The first-order valence-corrected chi connectivity index (χ1v) is 12.6. The van der Waals surface area contributed by atoms with E-state index in [1.807, 2.05) is 0 Å². The fourth-order valence-electron chi connectivity index (χ4n) is 7.91. The van der Waals surface area contributed by atoms with Crippen molar-refractivity contribution < 1.29 is 5.11 Å². The Morgan fingerprint density at radius 1 is 1.03 bits per heavy atom. The molecule has 0 unspecified atom stereocenters. The van der Waals surface area contributed by atoms with Crippen LogP contribution >= 0.6 is 0 Å². The van der Waals surface area contributed by atoms with Gasteiger partial charge in [0.25, 0.3) is 0 Å². The van der Waals surface area contributed by atoms with Gasteiger partial charge in [0.2, 0.25) is 0 Å². The normalized spacial score (nSPS) is 42.5. The van der Waals surface area contributed by atoms with Crippen molar-refractivity contribution in [2.75, 3.05) is 0 Å². The second-order valence-electron chi connectivity index (χ2n) is 11.7. The summed E-state index contributed by atoms with van der Waals surface area (Å²) >= 11 is 0. The van der Waals surface area contributed by atoms with E-state index in [1.165, 1.54) is 36.8 Å². The van der Waals surface area contributed by atoms with Gasteiger partial charge in [-0.3, -0.25) is 0 Å². The Morgan fingerprint density at radius 2 is 1.80 bits per heavy atom. The quantitative estimate of drug-likeness (QED) is 0.474. The Kier molecular flexibility index (Phi) is 5.99. The van der Waals surface area contributed by atoms with Gasteiger partial charge < -0.3 is 5.11 Å². The number of aliphatic hydroxyl groups excluding tert-OH is 1. The van der Waals surface area contributed by atoms with Crippen molar-refractivity contribution >= 4 is 0 Å². The highest BCUT2D eigenvalue weighted by atomic mass is 16.3. The molecule has 4 aliphatic rings. The third-order valence-electron chi connectivity index (χ3n) is 9.84. The maximum absolute atomic E-state index is 10.2. The van der Waals surface area contributed by atoms with Crippen LogP contribution in [0.4, 0.5) is 0 Å². The number of allylic oxidation sites excluding steroid dienone is 7. The predicted molar refractivity (Wildman–Crippen MR) is 128 cm³/mol. The van der Waals surface area contributed by atoms with Crippen LogP contribution in [0.25, 0.3) is 0 Å². The zero-order chi connectivity index (χ0) is 21.7. The highest BCUT2D eigenvalue weighted by Crippen LogP contribution is 2.65. The summed E-state index contributed by atoms with van der Waals surface area (Å²) in [6.07, 6.45) is 20.5. The molecule has 0 aromatic carbocycles. The summed E-state index contributed by atoms with van der Waals surface area (Å²) in [5.41, 5.74) is 5.49. The van der Waals surface area contributed by atoms with E-state index >= 15 is 0 Å². The van der Waals surface area contributed by atoms with E-state index in [4.69, 9.17) is 0 Å². The first-order valence-electron chi connectivity index (χ1n) is 12.6. The largest absolute Gasteiger partial charge is 0.393 e. The molecule has 3 saturated carbocycles. The smallest absolute Gasteiger partial charge is 0.0578 e. The van der Waals surface area contributed by atoms with E-state index in [9.17, 15) is 5.11 Å². The monoisotopic (exact) mass is 408 g/mol. The van der Waals surface area contributed by atoms with Crippen LogP contribution in [-0.4, -0.2) is 11.2 Å². The standard InChI is InChI=1S/C29H44O/c1-7-21(19(2)3)9-8-20(4)25-12-13-26-24-11-10-22-18-23(30)14-16-28(22,5)27(24)15-17-29(25,26)6/h7-11,19-20,23,25-27,30H,12-18H2,1-6H3/b9-8+,21-7-/t20-,23+,25-,26+,27+,28+,29-/m1/s1. The van der Waals surface area contributed by atoms with Gasteiger partial charge in [0.05, 0.1) is 6.10 Å². The second kappa shape index (κ2) is 8.12. The van der Waals surface area contributed by atoms with Crippen molar-refractivity contribution in [1.82, 2.24) is 0 Å². The highest BCUT2D eigenvalue weighted by Gasteiger charge is 2.56. The molecular weight excluding hydrogens is 364 g/mol. The third kappa shape index (κ3) is 3.50. The molecule has 3 fully saturated rings. The van der Waals surface area contributed by atoms with Crippen molar-refractivity contribution in [3.8, 4) is 0 Å². The predicted octanol–water partition coefficient (Wildman–Crippen LogP) is 7.64. The van der Waals surface area contributed by atoms with Crippen LogP contribution in [-0.2, 0) is 0 Å². The highest BCUT2D eigenvalue weighted by molar-refractivity contribution is 5.39. The topological polar surface area (TPSA) is 20.2 Å². The van der Waals surface area contributed by atoms with Crippen molar-refractivity contribution in [2.45, 2.75) is 92.6 Å². The minimum Gasteiger partial charge on any atom is -0.393 e. The summed E-state index contributed by atoms with van der Waals surface area (Å²) in [6.45, 7) is 14.3. The van der Waals surface area contributed by atoms with E-state index in [-0.39, 0.29) is 6.10 Å². The van der Waals surface area contributed by atoms with E-state index in [2.05, 4.69) is 71.9 Å². The van der Waals surface area contributed by atoms with Crippen LogP contribution in [0.2, 0.25) is 0 Å². The van der Waals surface area contributed by atoms with E-state index in [0.717, 1.165) is 31.1 Å². The Morgan fingerprint density at radius 3 is 2.50 bits per heavy atom. The van der Waals surface area contributed by atoms with Gasteiger partial charge in [-0.15, -0.1) is 0 Å². The lowest BCUT2D eigenvalue weighted by molar-refractivity contribution is 0.0383. The summed E-state index contributed by atoms with van der Waals surface area (Å²) in [6, 6.07) is 0. The summed E-state index contributed by atoms with van der Waals surface area (Å²) < 4.78 is 0. The Hall–Kier alpha value is -1.08. The third-order valence-corrected chi connectivity index (χ3v) is 9.84. The first-order chi connectivity index (χ1) is 14.2. The van der Waals surface area contributed by atoms with Crippen molar-refractivity contribution in [1.29, 1.82) is 0 Å². The van der Waals surface area contributed by atoms with Crippen LogP contribution in [0.5, 0.6) is 0 Å². The Balaban J connectivity index is 1.57. The Labute approximate surface area is 185 Å². The molecule has 0 aromatic rings. The van der Waals surface area contributed by atoms with Gasteiger partial charge in [-0.1, -0.05) is 81.7 Å². The summed E-state index contributed by atoms with van der Waals surface area (Å²) in [7, 11) is 0. The maximum Gasteiger partial charge on any atom is 0.0578 e. The van der Waals surface area contributed by atoms with Gasteiger partial charge in [0.1, 0.15) is 0 Å². The SMILES string of the molecule is C/C=C(/C=C/[C@@H](C)[C@H]1CC[C@H]2C3=CC=C4C[C@@H](O)CC[C@]4(C)[C@H]3CC[C@]12C)C(C)C. The molecule has 0 heterocycles. The van der Waals surface area contributed by atoms with Crippen LogP contribution in [0.1, 0.15) is 86.5 Å². The molecule has 0 aromatic heterocycles. The van der Waals surface area contributed by atoms with E-state index < -0.39 is 0 Å². The minimum atomic E-state index is -0.121. The molecule has 1 heteroatoms. The van der Waals surface area contributed by atoms with Crippen LogP contribution in [0, 0.1) is 40.4 Å². The van der Waals surface area contributed by atoms with E-state index in [0.29, 0.717) is 28.6 Å². The molecule has 0 radical (unpaired) electrons. The average molecular weight is 409 g/mol. The zero-order valence-electron chi connectivity index (χ0n) is 20.2. The minimum absolute atomic E-state index is 0.121. The molecule has 0 spiro atoms. The fourth-order valence-corrected chi connectivity index (χ4v) is 7.91. The lowest BCUT2D eigenvalue weighted by atomic mass is 9.50. The van der Waals surface area contributed by atoms with Crippen LogP contribution in [0.15, 0.2) is 47.1 Å². The second-order valence-corrected chi connectivity index (χ2v) is 11.7. The summed E-state index contributed by atoms with van der Waals surface area (Å²) in [5, 5.41) is 10.2. The number of hydrogen-bond acceptors (Lipinski definition) is 1. The maximum atomic E-state index is 10.2. The summed E-state index contributed by atoms with van der Waals surface area (Å²) in [4.78, 5) is 0. The van der Waals surface area contributed by atoms with Gasteiger partial charge in [-0.05, 0) is 92.3 Å². The molecule has 30 heavy (non-hydrogen) atoms. The van der Waals surface area contributed by atoms with Crippen molar-refractivity contribution in [3.63, 3.8) is 0 Å². The Bertz CT molecular complexity index is 780. The number of fused-ring (bicyclic) bond motifs is 5.